The third-order valence-electron chi connectivity index (χ3n) is 1.89. The van der Waals surface area contributed by atoms with Crippen molar-refractivity contribution in [1.82, 2.24) is 4.98 Å². The van der Waals surface area contributed by atoms with Gasteiger partial charge in [-0.25, -0.2) is 4.79 Å². The zero-order valence-corrected chi connectivity index (χ0v) is 9.29. The van der Waals surface area contributed by atoms with Gasteiger partial charge in [0.1, 0.15) is 0 Å². The number of para-hydroxylation sites is 1. The molecule has 0 aliphatic rings. The summed E-state index contributed by atoms with van der Waals surface area (Å²) in [5, 5.41) is 0. The molecule has 3 nitrogen and oxygen atoms in total. The molecule has 0 saturated heterocycles. The molecule has 1 heterocycles. The van der Waals surface area contributed by atoms with E-state index in [1.165, 1.54) is 0 Å². The molecule has 1 aromatic carbocycles. The first kappa shape index (κ1) is 9.34. The number of aromatic amines is 1. The molecule has 1 N–H and O–H groups in total. The van der Waals surface area contributed by atoms with Gasteiger partial charge in [0, 0.05) is 29.0 Å². The Bertz CT molecular complexity index is 571. The van der Waals surface area contributed by atoms with Crippen LogP contribution in [0.2, 0.25) is 0 Å². The standard InChI is InChI=1S/C10H6INO2/c11-6-2-4-7-3-1-5-8-9(7)12-10(13)14-8/h1,3,5H,4H2,(H,12,13). The molecule has 2 rings (SSSR count). The predicted molar refractivity (Wildman–Crippen MR) is 62.3 cm³/mol. The van der Waals surface area contributed by atoms with Crippen LogP contribution in [0, 0.1) is 9.85 Å². The van der Waals surface area contributed by atoms with Crippen LogP contribution in [0.25, 0.3) is 11.1 Å². The normalized spacial score (nSPS) is 9.79. The quantitative estimate of drug-likeness (QED) is 0.647. The van der Waals surface area contributed by atoms with E-state index in [9.17, 15) is 4.79 Å². The van der Waals surface area contributed by atoms with Crippen LogP contribution in [-0.2, 0) is 6.42 Å². The number of rotatable bonds is 1. The van der Waals surface area contributed by atoms with E-state index in [2.05, 4.69) is 14.8 Å². The van der Waals surface area contributed by atoms with Gasteiger partial charge in [0.2, 0.25) is 0 Å². The molecule has 0 amide bonds. The number of nitrogens with one attached hydrogen (secondary N) is 1. The molecule has 2 aromatic rings. The molecule has 0 fully saturated rings. The minimum atomic E-state index is -0.421. The van der Waals surface area contributed by atoms with Gasteiger partial charge in [-0.2, -0.15) is 0 Å². The maximum atomic E-state index is 11.0. The van der Waals surface area contributed by atoms with Crippen molar-refractivity contribution in [2.45, 2.75) is 6.42 Å². The minimum Gasteiger partial charge on any atom is -0.408 e. The molecule has 0 saturated carbocycles. The van der Waals surface area contributed by atoms with Crippen molar-refractivity contribution in [3.63, 3.8) is 0 Å². The lowest BCUT2D eigenvalue weighted by molar-refractivity contribution is 0.555. The topological polar surface area (TPSA) is 46.0 Å². The maximum Gasteiger partial charge on any atom is 0.417 e. The second-order valence-corrected chi connectivity index (χ2v) is 3.29. The van der Waals surface area contributed by atoms with Crippen molar-refractivity contribution >= 4 is 33.7 Å². The lowest BCUT2D eigenvalue weighted by atomic mass is 10.1. The number of H-pyrrole nitrogens is 1. The van der Waals surface area contributed by atoms with Crippen molar-refractivity contribution in [3.05, 3.63) is 34.3 Å². The highest BCUT2D eigenvalue weighted by Crippen LogP contribution is 2.14. The van der Waals surface area contributed by atoms with Gasteiger partial charge in [0.15, 0.2) is 5.58 Å². The number of fused-ring (bicyclic) bond motifs is 1. The molecule has 14 heavy (non-hydrogen) atoms. The fourth-order valence-corrected chi connectivity index (χ4v) is 1.50. The molecule has 0 aliphatic heterocycles. The number of benzene rings is 1. The van der Waals surface area contributed by atoms with Crippen LogP contribution in [0.4, 0.5) is 0 Å². The summed E-state index contributed by atoms with van der Waals surface area (Å²) in [6, 6.07) is 5.53. The second-order valence-electron chi connectivity index (χ2n) is 2.75. The summed E-state index contributed by atoms with van der Waals surface area (Å²) in [5.41, 5.74) is 2.32. The summed E-state index contributed by atoms with van der Waals surface area (Å²) in [5.74, 6) is 2.52. The summed E-state index contributed by atoms with van der Waals surface area (Å²) in [7, 11) is 0. The first-order chi connectivity index (χ1) is 6.81. The Morgan fingerprint density at radius 2 is 2.36 bits per heavy atom. The number of oxazole rings is 1. The van der Waals surface area contributed by atoms with Gasteiger partial charge in [-0.1, -0.05) is 18.1 Å². The Labute approximate surface area is 93.6 Å². The molecule has 1 aromatic heterocycles. The highest BCUT2D eigenvalue weighted by atomic mass is 127. The highest BCUT2D eigenvalue weighted by Gasteiger charge is 2.04. The van der Waals surface area contributed by atoms with Gasteiger partial charge >= 0.3 is 5.76 Å². The molecule has 0 aliphatic carbocycles. The van der Waals surface area contributed by atoms with E-state index >= 15 is 0 Å². The zero-order valence-electron chi connectivity index (χ0n) is 7.13. The number of hydrogen-bond donors (Lipinski definition) is 1. The van der Waals surface area contributed by atoms with Crippen molar-refractivity contribution in [2.24, 2.45) is 0 Å². The average molecular weight is 299 g/mol. The fourth-order valence-electron chi connectivity index (χ4n) is 1.31. The van der Waals surface area contributed by atoms with E-state index in [1.807, 2.05) is 34.7 Å². The van der Waals surface area contributed by atoms with Gasteiger partial charge in [-0.3, -0.25) is 4.98 Å². The van der Waals surface area contributed by atoms with Crippen LogP contribution >= 0.6 is 22.6 Å². The van der Waals surface area contributed by atoms with E-state index in [4.69, 9.17) is 4.42 Å². The van der Waals surface area contributed by atoms with Crippen LogP contribution in [-0.4, -0.2) is 4.98 Å². The highest BCUT2D eigenvalue weighted by molar-refractivity contribution is 14.1. The van der Waals surface area contributed by atoms with E-state index in [0.717, 1.165) is 11.1 Å². The summed E-state index contributed by atoms with van der Waals surface area (Å²) in [4.78, 5) is 13.6. The van der Waals surface area contributed by atoms with E-state index in [-0.39, 0.29) is 0 Å². The van der Waals surface area contributed by atoms with E-state index < -0.39 is 5.76 Å². The van der Waals surface area contributed by atoms with Crippen molar-refractivity contribution in [3.8, 4) is 9.85 Å². The Morgan fingerprint density at radius 1 is 1.50 bits per heavy atom. The lowest BCUT2D eigenvalue weighted by Crippen LogP contribution is -1.94. The Kier molecular flexibility index (Phi) is 2.59. The smallest absolute Gasteiger partial charge is 0.408 e. The van der Waals surface area contributed by atoms with Crippen LogP contribution < -0.4 is 5.76 Å². The van der Waals surface area contributed by atoms with Gasteiger partial charge in [0.25, 0.3) is 0 Å². The first-order valence-corrected chi connectivity index (χ1v) is 5.08. The number of aromatic nitrogens is 1. The SMILES string of the molecule is O=c1[nH]c2c(CC#CI)cccc2o1. The van der Waals surface area contributed by atoms with Gasteiger partial charge < -0.3 is 4.42 Å². The second kappa shape index (κ2) is 3.88. The van der Waals surface area contributed by atoms with Gasteiger partial charge in [-0.05, 0) is 15.6 Å². The zero-order chi connectivity index (χ0) is 9.97. The Hall–Kier alpha value is -1.22. The monoisotopic (exact) mass is 299 g/mol. The Balaban J connectivity index is 2.62. The third-order valence-corrected chi connectivity index (χ3v) is 2.27. The molecule has 0 unspecified atom stereocenters. The Morgan fingerprint density at radius 3 is 3.14 bits per heavy atom. The van der Waals surface area contributed by atoms with Crippen LogP contribution in [0.15, 0.2) is 27.4 Å². The molecule has 0 bridgehead atoms. The molecule has 4 heteroatoms. The van der Waals surface area contributed by atoms with Crippen molar-refractivity contribution < 1.29 is 4.42 Å². The van der Waals surface area contributed by atoms with Gasteiger partial charge in [0.05, 0.1) is 5.52 Å². The van der Waals surface area contributed by atoms with E-state index in [1.54, 1.807) is 6.07 Å². The molecular formula is C10H6INO2. The van der Waals surface area contributed by atoms with Crippen LogP contribution in [0.3, 0.4) is 0 Å². The largest absolute Gasteiger partial charge is 0.417 e. The predicted octanol–water partition coefficient (Wildman–Crippen LogP) is 2.06. The first-order valence-electron chi connectivity index (χ1n) is 4.00. The average Bonchev–Trinajstić information content (AvgIpc) is 2.55. The van der Waals surface area contributed by atoms with Crippen LogP contribution in [0.5, 0.6) is 0 Å². The molecule has 0 spiro atoms. The maximum absolute atomic E-state index is 11.0. The minimum absolute atomic E-state index is 0.421. The van der Waals surface area contributed by atoms with E-state index in [0.29, 0.717) is 12.0 Å². The molecular weight excluding hydrogens is 293 g/mol. The van der Waals surface area contributed by atoms with Crippen molar-refractivity contribution in [2.75, 3.05) is 0 Å². The van der Waals surface area contributed by atoms with Gasteiger partial charge in [-0.15, -0.1) is 0 Å². The molecule has 70 valence electrons. The lowest BCUT2D eigenvalue weighted by Gasteiger charge is -1.94. The molecule has 0 atom stereocenters. The number of halogens is 1. The molecule has 0 radical (unpaired) electrons. The fraction of sp³-hybridized carbons (Fsp3) is 0.100. The third kappa shape index (κ3) is 1.68. The van der Waals surface area contributed by atoms with Crippen molar-refractivity contribution in [1.29, 1.82) is 0 Å². The number of hydrogen-bond acceptors (Lipinski definition) is 2. The van der Waals surface area contributed by atoms with Crippen LogP contribution in [0.1, 0.15) is 5.56 Å². The summed E-state index contributed by atoms with van der Waals surface area (Å²) < 4.78 is 7.71. The summed E-state index contributed by atoms with van der Waals surface area (Å²) in [6.45, 7) is 0. The summed E-state index contributed by atoms with van der Waals surface area (Å²) in [6.07, 6.45) is 0.621. The summed E-state index contributed by atoms with van der Waals surface area (Å²) >= 11 is 1.99.